The smallest absolute Gasteiger partial charge is 0.217 e. The van der Waals surface area contributed by atoms with Crippen LogP contribution in [0, 0.1) is 5.38 Å². The molecule has 26 heavy (non-hydrogen) atoms. The summed E-state index contributed by atoms with van der Waals surface area (Å²) in [5.41, 5.74) is 0. The Kier molecular flexibility index (Phi) is 6.67. The molecule has 1 aliphatic rings. The molecule has 0 aliphatic heterocycles. The van der Waals surface area contributed by atoms with Gasteiger partial charge < -0.3 is 0 Å². The Hall–Kier alpha value is 0.120. The first-order chi connectivity index (χ1) is 11.4. The fraction of sp³-hybridized carbons (Fsp3) is 0.583. The van der Waals surface area contributed by atoms with Crippen LogP contribution in [0.1, 0.15) is 19.8 Å². The van der Waals surface area contributed by atoms with Gasteiger partial charge in [0.05, 0.1) is 0 Å². The van der Waals surface area contributed by atoms with Crippen molar-refractivity contribution in [1.82, 2.24) is 0 Å². The lowest BCUT2D eigenvalue weighted by atomic mass is 9.93. The minimum atomic E-state index is -6.96. The van der Waals surface area contributed by atoms with Gasteiger partial charge in [-0.15, -0.1) is 11.6 Å². The first-order valence-electron chi connectivity index (χ1n) is 6.46. The number of hydrogen-bond acceptors (Lipinski definition) is 2. The summed E-state index contributed by atoms with van der Waals surface area (Å²) in [5, 5.41) is -7.10. The normalized spacial score (nSPS) is 24.1. The lowest BCUT2D eigenvalue weighted by Crippen LogP contribution is -2.56. The van der Waals surface area contributed by atoms with Crippen LogP contribution in [0.15, 0.2) is 21.3 Å². The van der Waals surface area contributed by atoms with Gasteiger partial charge in [0.1, 0.15) is 20.4 Å². The summed E-state index contributed by atoms with van der Waals surface area (Å²) < 4.78 is 126. The summed E-state index contributed by atoms with van der Waals surface area (Å²) in [6.07, 6.45) is -6.96. The molecule has 0 aromatic rings. The van der Waals surface area contributed by atoms with E-state index in [0.29, 0.717) is 0 Å². The zero-order valence-electron chi connectivity index (χ0n) is 12.4. The van der Waals surface area contributed by atoms with E-state index in [1.165, 1.54) is 6.92 Å². The molecule has 0 amide bonds. The van der Waals surface area contributed by atoms with Gasteiger partial charge in [0.2, 0.25) is 0 Å². The Balaban J connectivity index is 3.74. The van der Waals surface area contributed by atoms with Crippen LogP contribution in [0.4, 0.5) is 35.1 Å². The van der Waals surface area contributed by atoms with E-state index < -0.39 is 52.1 Å². The van der Waals surface area contributed by atoms with Crippen molar-refractivity contribution in [3.8, 4) is 0 Å². The quantitative estimate of drug-likeness (QED) is 0.288. The van der Waals surface area contributed by atoms with Gasteiger partial charge in [-0.25, -0.2) is 12.8 Å². The maximum absolute atomic E-state index is 14.6. The average molecular weight is 564 g/mol. The van der Waals surface area contributed by atoms with E-state index in [1.54, 1.807) is 0 Å². The van der Waals surface area contributed by atoms with Crippen LogP contribution in [-0.2, 0) is 9.84 Å². The number of alkyl halides is 8. The second-order valence-corrected chi connectivity index (χ2v) is 9.67. The molecule has 1 unspecified atom stereocenters. The highest BCUT2D eigenvalue weighted by molar-refractivity contribution is 9.12. The van der Waals surface area contributed by atoms with Crippen LogP contribution >= 0.6 is 43.5 Å². The van der Waals surface area contributed by atoms with Gasteiger partial charge >= 0.3 is 17.4 Å². The van der Waals surface area contributed by atoms with Gasteiger partial charge in [-0.05, 0) is 12.5 Å². The Morgan fingerprint density at radius 2 is 1.62 bits per heavy atom. The molecule has 0 aromatic carbocycles. The third kappa shape index (κ3) is 3.45. The molecule has 0 spiro atoms. The van der Waals surface area contributed by atoms with Gasteiger partial charge in [-0.1, -0.05) is 45.2 Å². The Morgan fingerprint density at radius 1 is 1.15 bits per heavy atom. The zero-order chi connectivity index (χ0) is 20.9. The third-order valence-electron chi connectivity index (χ3n) is 3.32. The van der Waals surface area contributed by atoms with Crippen molar-refractivity contribution in [2.75, 3.05) is 0 Å². The molecule has 0 aromatic heterocycles. The summed E-state index contributed by atoms with van der Waals surface area (Å²) in [7, 11) is -6.80. The molecule has 151 valence electrons. The van der Waals surface area contributed by atoms with Crippen LogP contribution in [0.5, 0.6) is 0 Å². The molecule has 2 nitrogen and oxygen atoms in total. The monoisotopic (exact) mass is 561 g/mol. The van der Waals surface area contributed by atoms with Gasteiger partial charge in [0.25, 0.3) is 9.84 Å². The van der Waals surface area contributed by atoms with E-state index in [2.05, 4.69) is 31.9 Å². The summed E-state index contributed by atoms with van der Waals surface area (Å²) in [6, 6.07) is 0. The summed E-state index contributed by atoms with van der Waals surface area (Å²) in [5.74, 6) is -8.89. The van der Waals surface area contributed by atoms with Crippen molar-refractivity contribution in [2.45, 2.75) is 41.4 Å². The zero-order valence-corrected chi connectivity index (χ0v) is 17.1. The maximum Gasteiger partial charge on any atom is 0.461 e. The molecule has 0 saturated carbocycles. The number of hydrogen-bond donors (Lipinski definition) is 0. The predicted molar refractivity (Wildman–Crippen MR) is 85.7 cm³/mol. The first-order valence-corrected chi connectivity index (χ1v) is 9.91. The van der Waals surface area contributed by atoms with Crippen LogP contribution < -0.4 is 0 Å². The Labute approximate surface area is 164 Å². The minimum absolute atomic E-state index is 0.114. The van der Waals surface area contributed by atoms with Gasteiger partial charge in [-0.3, -0.25) is 0 Å². The number of sulfone groups is 1. The summed E-state index contributed by atoms with van der Waals surface area (Å²) >= 11 is 11.2. The molecule has 1 radical (unpaired) electrons. The third-order valence-corrected chi connectivity index (χ3v) is 7.88. The molecule has 0 saturated heterocycles. The number of halogens is 11. The second kappa shape index (κ2) is 7.18. The van der Waals surface area contributed by atoms with E-state index in [0.717, 1.165) is 0 Å². The largest absolute Gasteiger partial charge is 0.461 e. The highest BCUT2D eigenvalue weighted by atomic mass is 79.9. The molecule has 1 atom stereocenters. The molecular formula is C12H8Br2ClF8O2S. The van der Waals surface area contributed by atoms with E-state index in [9.17, 15) is 43.5 Å². The first kappa shape index (κ1) is 24.2. The molecule has 0 bridgehead atoms. The highest BCUT2D eigenvalue weighted by Crippen LogP contribution is 2.57. The fourth-order valence-electron chi connectivity index (χ4n) is 1.95. The minimum Gasteiger partial charge on any atom is -0.217 e. The van der Waals surface area contributed by atoms with Crippen LogP contribution in [-0.4, -0.2) is 30.1 Å². The van der Waals surface area contributed by atoms with E-state index in [4.69, 9.17) is 11.6 Å². The van der Waals surface area contributed by atoms with Crippen molar-refractivity contribution in [3.05, 3.63) is 26.7 Å². The van der Waals surface area contributed by atoms with Crippen molar-refractivity contribution >= 4 is 53.3 Å². The molecule has 0 heterocycles. The molecule has 1 aliphatic carbocycles. The van der Waals surface area contributed by atoms with Gasteiger partial charge in [0.15, 0.2) is 0 Å². The van der Waals surface area contributed by atoms with E-state index in [-0.39, 0.29) is 18.9 Å². The van der Waals surface area contributed by atoms with Crippen molar-refractivity contribution in [1.29, 1.82) is 0 Å². The van der Waals surface area contributed by atoms with Crippen molar-refractivity contribution < 1.29 is 43.5 Å². The molecular weight excluding hydrogens is 555 g/mol. The maximum atomic E-state index is 14.6. The molecule has 0 fully saturated rings. The summed E-state index contributed by atoms with van der Waals surface area (Å²) in [4.78, 5) is -2.03. The topological polar surface area (TPSA) is 34.1 Å². The van der Waals surface area contributed by atoms with Crippen molar-refractivity contribution in [3.63, 3.8) is 0 Å². The lowest BCUT2D eigenvalue weighted by molar-refractivity contribution is -0.331. The second-order valence-electron chi connectivity index (χ2n) is 5.13. The Bertz CT molecular complexity index is 747. The standard InChI is InChI=1S/C12H8Br2ClF8O2S/c1-2-3-9(14)7(15)5(13)4-6(8(9)16)26(24,25)12(22,23)10(17,18)11(19,20)21/h4H,2-3H2,1H3. The van der Waals surface area contributed by atoms with Gasteiger partial charge in [0, 0.05) is 4.48 Å². The summed E-state index contributed by atoms with van der Waals surface area (Å²) in [6.45, 7) is 1.48. The van der Waals surface area contributed by atoms with E-state index >= 15 is 0 Å². The van der Waals surface area contributed by atoms with Crippen LogP contribution in [0.3, 0.4) is 0 Å². The molecule has 1 rings (SSSR count). The highest BCUT2D eigenvalue weighted by Gasteiger charge is 2.79. The Morgan fingerprint density at radius 3 is 2.00 bits per heavy atom. The fourth-order valence-corrected chi connectivity index (χ4v) is 5.54. The lowest BCUT2D eigenvalue weighted by Gasteiger charge is -2.35. The van der Waals surface area contributed by atoms with Crippen LogP contribution in [0.25, 0.3) is 0 Å². The SMILES string of the molecule is CCCC1(Br)[C](Cl)C(Br)=CC(S(=O)(=O)C(F)(F)C(F)(F)C(F)(F)F)=C1F. The van der Waals surface area contributed by atoms with Crippen LogP contribution in [0.2, 0.25) is 0 Å². The predicted octanol–water partition coefficient (Wildman–Crippen LogP) is 6.37. The molecule has 14 heteroatoms. The van der Waals surface area contributed by atoms with Gasteiger partial charge in [-0.2, -0.15) is 30.7 Å². The number of rotatable bonds is 5. The van der Waals surface area contributed by atoms with E-state index in [1.807, 2.05) is 0 Å². The number of allylic oxidation sites excluding steroid dienone is 3. The van der Waals surface area contributed by atoms with Crippen molar-refractivity contribution in [2.24, 2.45) is 0 Å². The average Bonchev–Trinajstić information content (AvgIpc) is 2.47. The molecule has 0 N–H and O–H groups in total.